The van der Waals surface area contributed by atoms with Crippen molar-refractivity contribution in [2.45, 2.75) is 13.8 Å². The molecular formula is C50H34N4. The summed E-state index contributed by atoms with van der Waals surface area (Å²) in [5.74, 6) is 0. The van der Waals surface area contributed by atoms with E-state index in [2.05, 4.69) is 181 Å². The van der Waals surface area contributed by atoms with Gasteiger partial charge in [0.1, 0.15) is 11.6 Å². The van der Waals surface area contributed by atoms with Crippen LogP contribution in [-0.2, 0) is 0 Å². The van der Waals surface area contributed by atoms with E-state index in [-0.39, 0.29) is 0 Å². The van der Waals surface area contributed by atoms with Crippen LogP contribution in [0.15, 0.2) is 170 Å². The molecule has 0 aliphatic carbocycles. The fraction of sp³-hybridized carbons (Fsp3) is 0.0400. The van der Waals surface area contributed by atoms with Crippen molar-refractivity contribution >= 4 is 43.6 Å². The maximum Gasteiger partial charge on any atom is 0.104 e. The van der Waals surface area contributed by atoms with Gasteiger partial charge < -0.3 is 9.13 Å². The molecule has 0 amide bonds. The van der Waals surface area contributed by atoms with Gasteiger partial charge in [0.25, 0.3) is 0 Å². The van der Waals surface area contributed by atoms with E-state index < -0.39 is 0 Å². The molecule has 3 heterocycles. The van der Waals surface area contributed by atoms with E-state index >= 15 is 0 Å². The molecule has 7 aromatic carbocycles. The third-order valence-corrected chi connectivity index (χ3v) is 10.7. The van der Waals surface area contributed by atoms with Gasteiger partial charge in [-0.25, -0.2) is 0 Å². The highest BCUT2D eigenvalue weighted by atomic mass is 15.0. The number of nitriles is 1. The van der Waals surface area contributed by atoms with Crippen molar-refractivity contribution in [3.8, 4) is 51.0 Å². The topological polar surface area (TPSA) is 46.5 Å². The SMILES string of the molecule is Cc1ccc2c(c1)c1ccccc1n2-c1cc(-c2cccnc2-c2cccc(-c3ccccc3)c2)cc(-n2c3ccccc3c3cc(C)ccc32)c1C#N. The quantitative estimate of drug-likeness (QED) is 0.180. The van der Waals surface area contributed by atoms with Crippen LogP contribution >= 0.6 is 0 Å². The van der Waals surface area contributed by atoms with E-state index in [1.807, 2.05) is 18.3 Å². The van der Waals surface area contributed by atoms with Crippen LogP contribution in [0.4, 0.5) is 0 Å². The molecule has 0 unspecified atom stereocenters. The third-order valence-electron chi connectivity index (χ3n) is 10.7. The van der Waals surface area contributed by atoms with Crippen LogP contribution in [0.2, 0.25) is 0 Å². The highest BCUT2D eigenvalue weighted by Gasteiger charge is 2.23. The second kappa shape index (κ2) is 12.5. The number of hydrogen-bond donors (Lipinski definition) is 0. The third kappa shape index (κ3) is 4.94. The number of para-hydroxylation sites is 2. The molecule has 254 valence electrons. The van der Waals surface area contributed by atoms with Crippen LogP contribution in [0.3, 0.4) is 0 Å². The lowest BCUT2D eigenvalue weighted by molar-refractivity contribution is 1.12. The summed E-state index contributed by atoms with van der Waals surface area (Å²) in [6, 6.07) is 60.5. The zero-order chi connectivity index (χ0) is 36.3. The summed E-state index contributed by atoms with van der Waals surface area (Å²) < 4.78 is 4.56. The number of fused-ring (bicyclic) bond motifs is 6. The van der Waals surface area contributed by atoms with Gasteiger partial charge in [-0.2, -0.15) is 5.26 Å². The summed E-state index contributed by atoms with van der Waals surface area (Å²) in [7, 11) is 0. The average molecular weight is 691 g/mol. The Labute approximate surface area is 313 Å². The molecular weight excluding hydrogens is 657 g/mol. The molecule has 0 fully saturated rings. The first-order valence-electron chi connectivity index (χ1n) is 18.3. The second-order valence-electron chi connectivity index (χ2n) is 14.1. The summed E-state index contributed by atoms with van der Waals surface area (Å²) in [6.45, 7) is 4.26. The molecule has 0 saturated heterocycles. The van der Waals surface area contributed by atoms with Crippen LogP contribution < -0.4 is 0 Å². The molecule has 10 aromatic rings. The van der Waals surface area contributed by atoms with E-state index in [1.54, 1.807) is 0 Å². The molecule has 0 aliphatic heterocycles. The summed E-state index contributed by atoms with van der Waals surface area (Å²) in [5.41, 5.74) is 15.0. The predicted octanol–water partition coefficient (Wildman–Crippen LogP) is 12.8. The molecule has 0 spiro atoms. The summed E-state index contributed by atoms with van der Waals surface area (Å²) in [5, 5.41) is 15.9. The Hall–Kier alpha value is -7.22. The minimum atomic E-state index is 0.599. The first kappa shape index (κ1) is 31.5. The average Bonchev–Trinajstić information content (AvgIpc) is 3.72. The number of hydrogen-bond acceptors (Lipinski definition) is 2. The zero-order valence-corrected chi connectivity index (χ0v) is 30.0. The maximum atomic E-state index is 11.3. The summed E-state index contributed by atoms with van der Waals surface area (Å²) >= 11 is 0. The van der Waals surface area contributed by atoms with Crippen molar-refractivity contribution in [3.63, 3.8) is 0 Å². The zero-order valence-electron chi connectivity index (χ0n) is 30.0. The van der Waals surface area contributed by atoms with E-state index in [4.69, 9.17) is 4.98 Å². The Bertz CT molecular complexity index is 3000. The summed E-state index contributed by atoms with van der Waals surface area (Å²) in [4.78, 5) is 5.03. The van der Waals surface area contributed by atoms with E-state index in [0.29, 0.717) is 5.56 Å². The molecule has 54 heavy (non-hydrogen) atoms. The highest BCUT2D eigenvalue weighted by molar-refractivity contribution is 6.11. The van der Waals surface area contributed by atoms with Crippen molar-refractivity contribution in [2.75, 3.05) is 0 Å². The number of benzene rings is 7. The van der Waals surface area contributed by atoms with E-state index in [0.717, 1.165) is 88.5 Å². The lowest BCUT2D eigenvalue weighted by Gasteiger charge is -2.19. The smallest absolute Gasteiger partial charge is 0.104 e. The van der Waals surface area contributed by atoms with Gasteiger partial charge in [0.05, 0.1) is 39.1 Å². The fourth-order valence-electron chi connectivity index (χ4n) is 8.27. The van der Waals surface area contributed by atoms with Gasteiger partial charge >= 0.3 is 0 Å². The lowest BCUT2D eigenvalue weighted by Crippen LogP contribution is -2.05. The standard InChI is InChI=1S/C50H34N4/c1-32-21-23-46-41(26-32)39-16-6-8-19-44(39)53(46)48-29-37(38-18-11-25-52-50(38)36-15-10-14-35(28-36)34-12-4-3-5-13-34)30-49(43(48)31-51)54-45-20-9-7-17-40(45)42-27-33(2)22-24-47(42)54/h3-30H,1-2H3. The normalized spacial score (nSPS) is 11.5. The molecule has 4 heteroatoms. The van der Waals surface area contributed by atoms with Gasteiger partial charge in [-0.3, -0.25) is 4.98 Å². The van der Waals surface area contributed by atoms with Crippen molar-refractivity contribution in [3.05, 3.63) is 187 Å². The van der Waals surface area contributed by atoms with Crippen LogP contribution in [-0.4, -0.2) is 14.1 Å². The van der Waals surface area contributed by atoms with Gasteiger partial charge in [0.15, 0.2) is 0 Å². The number of nitrogens with zero attached hydrogens (tertiary/aromatic N) is 4. The van der Waals surface area contributed by atoms with Gasteiger partial charge in [-0.1, -0.05) is 114 Å². The Morgan fingerprint density at radius 2 is 0.981 bits per heavy atom. The second-order valence-corrected chi connectivity index (χ2v) is 14.1. The minimum absolute atomic E-state index is 0.599. The number of rotatable bonds is 5. The highest BCUT2D eigenvalue weighted by Crippen LogP contribution is 2.42. The van der Waals surface area contributed by atoms with Gasteiger partial charge in [-0.15, -0.1) is 0 Å². The lowest BCUT2D eigenvalue weighted by atomic mass is 9.94. The number of pyridine rings is 1. The van der Waals surface area contributed by atoms with Crippen LogP contribution in [0, 0.1) is 25.2 Å². The first-order chi connectivity index (χ1) is 26.6. The molecule has 0 saturated carbocycles. The van der Waals surface area contributed by atoms with Crippen LogP contribution in [0.1, 0.15) is 16.7 Å². The molecule has 0 bridgehead atoms. The molecule has 0 N–H and O–H groups in total. The van der Waals surface area contributed by atoms with Crippen molar-refractivity contribution in [1.29, 1.82) is 5.26 Å². The van der Waals surface area contributed by atoms with E-state index in [1.165, 1.54) is 11.1 Å². The first-order valence-corrected chi connectivity index (χ1v) is 18.3. The Balaban J connectivity index is 1.33. The van der Waals surface area contributed by atoms with Gasteiger partial charge in [0, 0.05) is 38.9 Å². The summed E-state index contributed by atoms with van der Waals surface area (Å²) in [6.07, 6.45) is 1.87. The predicted molar refractivity (Wildman–Crippen MR) is 223 cm³/mol. The molecule has 0 radical (unpaired) electrons. The van der Waals surface area contributed by atoms with Crippen LogP contribution in [0.5, 0.6) is 0 Å². The maximum absolute atomic E-state index is 11.3. The fourth-order valence-corrected chi connectivity index (χ4v) is 8.27. The number of aryl methyl sites for hydroxylation is 2. The molecule has 10 rings (SSSR count). The monoisotopic (exact) mass is 690 g/mol. The molecule has 0 atom stereocenters. The molecule has 0 aliphatic rings. The largest absolute Gasteiger partial charge is 0.308 e. The van der Waals surface area contributed by atoms with Gasteiger partial charge in [0.2, 0.25) is 0 Å². The van der Waals surface area contributed by atoms with Crippen LogP contribution in [0.25, 0.3) is 88.5 Å². The minimum Gasteiger partial charge on any atom is -0.308 e. The Morgan fingerprint density at radius 3 is 1.59 bits per heavy atom. The number of aromatic nitrogens is 3. The van der Waals surface area contributed by atoms with Crippen molar-refractivity contribution < 1.29 is 0 Å². The van der Waals surface area contributed by atoms with Gasteiger partial charge in [-0.05, 0) is 91.2 Å². The Kier molecular flexibility index (Phi) is 7.28. The molecule has 3 aromatic heterocycles. The molecule has 4 nitrogen and oxygen atoms in total. The van der Waals surface area contributed by atoms with E-state index in [9.17, 15) is 5.26 Å². The Morgan fingerprint density at radius 1 is 0.444 bits per heavy atom. The van der Waals surface area contributed by atoms with Crippen molar-refractivity contribution in [2.24, 2.45) is 0 Å². The van der Waals surface area contributed by atoms with Crippen molar-refractivity contribution in [1.82, 2.24) is 14.1 Å².